The number of benzene rings is 2. The molecular formula is C14H13ClO. The van der Waals surface area contributed by atoms with E-state index in [1.54, 1.807) is 0 Å². The van der Waals surface area contributed by atoms with E-state index < -0.39 is 0 Å². The first-order valence-corrected chi connectivity index (χ1v) is 5.56. The molecule has 2 aromatic rings. The quantitative estimate of drug-likeness (QED) is 0.770. The van der Waals surface area contributed by atoms with Gasteiger partial charge in [-0.1, -0.05) is 41.9 Å². The first-order chi connectivity index (χ1) is 7.75. The SMILES string of the molecule is Cc1ccccc1COc1cccc(Cl)c1. The lowest BCUT2D eigenvalue weighted by molar-refractivity contribution is 0.305. The number of ether oxygens (including phenoxy) is 1. The predicted octanol–water partition coefficient (Wildman–Crippen LogP) is 4.23. The van der Waals surface area contributed by atoms with Crippen molar-refractivity contribution in [2.45, 2.75) is 13.5 Å². The first kappa shape index (κ1) is 11.0. The second-order valence-electron chi connectivity index (χ2n) is 3.67. The molecule has 0 N–H and O–H groups in total. The van der Waals surface area contributed by atoms with E-state index in [0.717, 1.165) is 5.75 Å². The Morgan fingerprint density at radius 2 is 1.88 bits per heavy atom. The molecule has 0 aromatic heterocycles. The van der Waals surface area contributed by atoms with Gasteiger partial charge in [-0.05, 0) is 36.2 Å². The van der Waals surface area contributed by atoms with Gasteiger partial charge in [0.25, 0.3) is 0 Å². The molecule has 2 aromatic carbocycles. The fourth-order valence-corrected chi connectivity index (χ4v) is 1.67. The molecule has 82 valence electrons. The Labute approximate surface area is 101 Å². The Kier molecular flexibility index (Phi) is 3.47. The Balaban J connectivity index is 2.05. The van der Waals surface area contributed by atoms with Crippen LogP contribution < -0.4 is 4.74 Å². The third-order valence-electron chi connectivity index (χ3n) is 2.45. The minimum Gasteiger partial charge on any atom is -0.489 e. The smallest absolute Gasteiger partial charge is 0.121 e. The molecule has 0 aliphatic rings. The molecule has 0 atom stereocenters. The van der Waals surface area contributed by atoms with E-state index in [1.807, 2.05) is 36.4 Å². The van der Waals surface area contributed by atoms with Crippen molar-refractivity contribution in [2.24, 2.45) is 0 Å². The van der Waals surface area contributed by atoms with Gasteiger partial charge in [0.15, 0.2) is 0 Å². The Hall–Kier alpha value is -1.47. The lowest BCUT2D eigenvalue weighted by Crippen LogP contribution is -1.97. The summed E-state index contributed by atoms with van der Waals surface area (Å²) in [5, 5.41) is 0.697. The van der Waals surface area contributed by atoms with Crippen molar-refractivity contribution >= 4 is 11.6 Å². The summed E-state index contributed by atoms with van der Waals surface area (Å²) in [4.78, 5) is 0. The third kappa shape index (κ3) is 2.77. The van der Waals surface area contributed by atoms with Crippen LogP contribution in [0.25, 0.3) is 0 Å². The van der Waals surface area contributed by atoms with Crippen LogP contribution in [-0.4, -0.2) is 0 Å². The molecule has 0 aliphatic heterocycles. The minimum absolute atomic E-state index is 0.576. The monoisotopic (exact) mass is 232 g/mol. The molecule has 0 aliphatic carbocycles. The molecule has 0 heterocycles. The maximum absolute atomic E-state index is 5.88. The fraction of sp³-hybridized carbons (Fsp3) is 0.143. The van der Waals surface area contributed by atoms with Crippen LogP contribution >= 0.6 is 11.6 Å². The molecule has 0 saturated heterocycles. The van der Waals surface area contributed by atoms with Gasteiger partial charge in [0.1, 0.15) is 12.4 Å². The second-order valence-corrected chi connectivity index (χ2v) is 4.11. The van der Waals surface area contributed by atoms with E-state index in [4.69, 9.17) is 16.3 Å². The Bertz CT molecular complexity index is 480. The zero-order valence-electron chi connectivity index (χ0n) is 9.11. The topological polar surface area (TPSA) is 9.23 Å². The largest absolute Gasteiger partial charge is 0.489 e. The highest BCUT2D eigenvalue weighted by Crippen LogP contribution is 2.19. The summed E-state index contributed by atoms with van der Waals surface area (Å²) < 4.78 is 5.67. The molecule has 16 heavy (non-hydrogen) atoms. The fourth-order valence-electron chi connectivity index (χ4n) is 1.49. The molecular weight excluding hydrogens is 220 g/mol. The van der Waals surface area contributed by atoms with Crippen molar-refractivity contribution in [1.82, 2.24) is 0 Å². The molecule has 0 unspecified atom stereocenters. The van der Waals surface area contributed by atoms with Gasteiger partial charge in [-0.3, -0.25) is 0 Å². The maximum atomic E-state index is 5.88. The molecule has 1 nitrogen and oxygen atoms in total. The van der Waals surface area contributed by atoms with E-state index in [-0.39, 0.29) is 0 Å². The van der Waals surface area contributed by atoms with Gasteiger partial charge < -0.3 is 4.74 Å². The van der Waals surface area contributed by atoms with Gasteiger partial charge in [-0.25, -0.2) is 0 Å². The second kappa shape index (κ2) is 5.04. The van der Waals surface area contributed by atoms with Crippen LogP contribution in [-0.2, 0) is 6.61 Å². The summed E-state index contributed by atoms with van der Waals surface area (Å²) in [6, 6.07) is 15.6. The Morgan fingerprint density at radius 1 is 1.06 bits per heavy atom. The number of rotatable bonds is 3. The molecule has 0 radical (unpaired) electrons. The van der Waals surface area contributed by atoms with Crippen LogP contribution in [0.5, 0.6) is 5.75 Å². The summed E-state index contributed by atoms with van der Waals surface area (Å²) in [5.74, 6) is 0.802. The zero-order chi connectivity index (χ0) is 11.4. The Morgan fingerprint density at radius 3 is 2.62 bits per heavy atom. The number of hydrogen-bond donors (Lipinski definition) is 0. The van der Waals surface area contributed by atoms with Gasteiger partial charge in [0.2, 0.25) is 0 Å². The molecule has 2 rings (SSSR count). The lowest BCUT2D eigenvalue weighted by atomic mass is 10.1. The van der Waals surface area contributed by atoms with E-state index in [1.165, 1.54) is 11.1 Å². The van der Waals surface area contributed by atoms with Crippen LogP contribution in [0.1, 0.15) is 11.1 Å². The highest BCUT2D eigenvalue weighted by Gasteiger charge is 1.99. The van der Waals surface area contributed by atoms with Crippen molar-refractivity contribution in [3.05, 3.63) is 64.7 Å². The van der Waals surface area contributed by atoms with Crippen LogP contribution in [0.4, 0.5) is 0 Å². The van der Waals surface area contributed by atoms with Crippen LogP contribution in [0.15, 0.2) is 48.5 Å². The molecule has 0 fully saturated rings. The number of hydrogen-bond acceptors (Lipinski definition) is 1. The number of aryl methyl sites for hydroxylation is 1. The van der Waals surface area contributed by atoms with Gasteiger partial charge in [-0.2, -0.15) is 0 Å². The number of halogens is 1. The lowest BCUT2D eigenvalue weighted by Gasteiger charge is -2.08. The van der Waals surface area contributed by atoms with Crippen LogP contribution in [0, 0.1) is 6.92 Å². The summed E-state index contributed by atoms with van der Waals surface area (Å²) in [7, 11) is 0. The van der Waals surface area contributed by atoms with Crippen molar-refractivity contribution in [2.75, 3.05) is 0 Å². The average Bonchev–Trinajstić information content (AvgIpc) is 2.28. The van der Waals surface area contributed by atoms with Crippen molar-refractivity contribution in [3.63, 3.8) is 0 Å². The molecule has 0 spiro atoms. The van der Waals surface area contributed by atoms with E-state index in [2.05, 4.69) is 19.1 Å². The first-order valence-electron chi connectivity index (χ1n) is 5.18. The predicted molar refractivity (Wildman–Crippen MR) is 67.0 cm³/mol. The molecule has 0 saturated carbocycles. The maximum Gasteiger partial charge on any atom is 0.121 e. The van der Waals surface area contributed by atoms with Crippen molar-refractivity contribution in [3.8, 4) is 5.75 Å². The van der Waals surface area contributed by atoms with E-state index >= 15 is 0 Å². The summed E-state index contributed by atoms with van der Waals surface area (Å²) in [5.41, 5.74) is 2.44. The highest BCUT2D eigenvalue weighted by atomic mass is 35.5. The standard InChI is InChI=1S/C14H13ClO/c1-11-5-2-3-6-12(11)10-16-14-8-4-7-13(15)9-14/h2-9H,10H2,1H3. The van der Waals surface area contributed by atoms with Gasteiger partial charge in [0.05, 0.1) is 0 Å². The summed E-state index contributed by atoms with van der Waals surface area (Å²) in [6.07, 6.45) is 0. The van der Waals surface area contributed by atoms with Gasteiger partial charge in [0, 0.05) is 5.02 Å². The van der Waals surface area contributed by atoms with E-state index in [9.17, 15) is 0 Å². The third-order valence-corrected chi connectivity index (χ3v) is 2.69. The van der Waals surface area contributed by atoms with Crippen molar-refractivity contribution in [1.29, 1.82) is 0 Å². The zero-order valence-corrected chi connectivity index (χ0v) is 9.87. The average molecular weight is 233 g/mol. The van der Waals surface area contributed by atoms with Crippen LogP contribution in [0.3, 0.4) is 0 Å². The normalized spacial score (nSPS) is 10.1. The highest BCUT2D eigenvalue weighted by molar-refractivity contribution is 6.30. The molecule has 0 bridgehead atoms. The van der Waals surface area contributed by atoms with Crippen molar-refractivity contribution < 1.29 is 4.74 Å². The van der Waals surface area contributed by atoms with E-state index in [0.29, 0.717) is 11.6 Å². The molecule has 0 amide bonds. The summed E-state index contributed by atoms with van der Waals surface area (Å²) >= 11 is 5.88. The van der Waals surface area contributed by atoms with Crippen LogP contribution in [0.2, 0.25) is 5.02 Å². The van der Waals surface area contributed by atoms with Gasteiger partial charge >= 0.3 is 0 Å². The minimum atomic E-state index is 0.576. The summed E-state index contributed by atoms with van der Waals surface area (Å²) in [6.45, 7) is 2.66. The van der Waals surface area contributed by atoms with Gasteiger partial charge in [-0.15, -0.1) is 0 Å². The molecule has 2 heteroatoms.